The summed E-state index contributed by atoms with van der Waals surface area (Å²) in [6.45, 7) is 3.05. The van der Waals surface area contributed by atoms with E-state index in [1.807, 2.05) is 16.7 Å². The Labute approximate surface area is 151 Å². The van der Waals surface area contributed by atoms with Gasteiger partial charge in [0.15, 0.2) is 10.9 Å². The van der Waals surface area contributed by atoms with Crippen molar-refractivity contribution in [1.29, 1.82) is 0 Å². The number of fused-ring (bicyclic) bond motifs is 1. The first kappa shape index (κ1) is 17.7. The first-order chi connectivity index (χ1) is 12.1. The van der Waals surface area contributed by atoms with Crippen molar-refractivity contribution < 1.29 is 9.59 Å². The lowest BCUT2D eigenvalue weighted by molar-refractivity contribution is -0.117. The molecule has 7 heteroatoms. The zero-order valence-corrected chi connectivity index (χ0v) is 15.4. The van der Waals surface area contributed by atoms with Gasteiger partial charge in [-0.25, -0.2) is 0 Å². The molecule has 0 aliphatic carbocycles. The average molecular weight is 358 g/mol. The van der Waals surface area contributed by atoms with Gasteiger partial charge in [0.2, 0.25) is 5.91 Å². The van der Waals surface area contributed by atoms with Crippen LogP contribution in [0.15, 0.2) is 29.7 Å². The number of ketones is 1. The number of hydrogen-bond donors (Lipinski definition) is 0. The topological polar surface area (TPSA) is 68.1 Å². The number of nitrogens with zero attached hydrogens (tertiary/aromatic N) is 4. The lowest BCUT2D eigenvalue weighted by Gasteiger charge is -2.10. The van der Waals surface area contributed by atoms with Crippen molar-refractivity contribution >= 4 is 29.1 Å². The van der Waals surface area contributed by atoms with Crippen LogP contribution < -0.4 is 4.90 Å². The smallest absolute Gasteiger partial charge is 0.231 e. The van der Waals surface area contributed by atoms with Crippen LogP contribution in [0.25, 0.3) is 0 Å². The molecule has 0 saturated carbocycles. The lowest BCUT2D eigenvalue weighted by atomic mass is 10.1. The summed E-state index contributed by atoms with van der Waals surface area (Å²) in [4.78, 5) is 25.9. The fraction of sp³-hybridized carbons (Fsp3) is 0.444. The van der Waals surface area contributed by atoms with E-state index in [4.69, 9.17) is 0 Å². The van der Waals surface area contributed by atoms with Gasteiger partial charge in [0.05, 0.1) is 12.2 Å². The first-order valence-corrected chi connectivity index (χ1v) is 9.52. The number of Topliss-reactive ketones (excluding diaryl/α,β-unsaturated/α-hetero) is 1. The summed E-state index contributed by atoms with van der Waals surface area (Å²) in [5, 5.41) is 8.84. The number of rotatable bonds is 8. The highest BCUT2D eigenvalue weighted by Gasteiger charge is 2.24. The molecular formula is C18H22N4O2S. The maximum atomic E-state index is 12.5. The van der Waals surface area contributed by atoms with Gasteiger partial charge in [-0.1, -0.05) is 31.5 Å². The number of carbonyl (C=O) groups excluding carboxylic acids is 2. The molecule has 0 radical (unpaired) electrons. The van der Waals surface area contributed by atoms with Gasteiger partial charge in [-0.15, -0.1) is 10.2 Å². The molecule has 1 aromatic heterocycles. The van der Waals surface area contributed by atoms with Crippen LogP contribution in [0, 0.1) is 0 Å². The van der Waals surface area contributed by atoms with Crippen molar-refractivity contribution in [2.45, 2.75) is 44.3 Å². The normalized spacial score (nSPS) is 13.4. The van der Waals surface area contributed by atoms with Gasteiger partial charge in [0.1, 0.15) is 6.33 Å². The molecule has 1 amide bonds. The van der Waals surface area contributed by atoms with E-state index < -0.39 is 0 Å². The molecule has 0 saturated heterocycles. The predicted octanol–water partition coefficient (Wildman–Crippen LogP) is 2.96. The van der Waals surface area contributed by atoms with Gasteiger partial charge in [-0.2, -0.15) is 0 Å². The summed E-state index contributed by atoms with van der Waals surface area (Å²) in [7, 11) is 1.76. The van der Waals surface area contributed by atoms with Crippen LogP contribution >= 0.6 is 11.8 Å². The van der Waals surface area contributed by atoms with E-state index in [1.54, 1.807) is 24.3 Å². The summed E-state index contributed by atoms with van der Waals surface area (Å²) in [6.07, 6.45) is 5.51. The number of aryl methyl sites for hydroxylation is 1. The van der Waals surface area contributed by atoms with E-state index in [2.05, 4.69) is 17.1 Å². The highest BCUT2D eigenvalue weighted by atomic mass is 32.2. The average Bonchev–Trinajstić information content (AvgIpc) is 3.17. The van der Waals surface area contributed by atoms with Gasteiger partial charge >= 0.3 is 0 Å². The summed E-state index contributed by atoms with van der Waals surface area (Å²) < 4.78 is 2.00. The van der Waals surface area contributed by atoms with Crippen LogP contribution in [0.1, 0.15) is 42.1 Å². The third-order valence-electron chi connectivity index (χ3n) is 4.39. The van der Waals surface area contributed by atoms with Crippen molar-refractivity contribution in [2.24, 2.45) is 0 Å². The summed E-state index contributed by atoms with van der Waals surface area (Å²) in [6, 6.07) is 5.49. The first-order valence-electron chi connectivity index (χ1n) is 8.53. The predicted molar refractivity (Wildman–Crippen MR) is 98.2 cm³/mol. The van der Waals surface area contributed by atoms with Crippen molar-refractivity contribution in [3.05, 3.63) is 35.7 Å². The largest absolute Gasteiger partial charge is 0.315 e. The Kier molecular flexibility index (Phi) is 5.53. The minimum Gasteiger partial charge on any atom is -0.315 e. The molecule has 6 nitrogen and oxygen atoms in total. The third-order valence-corrected chi connectivity index (χ3v) is 5.37. The van der Waals surface area contributed by atoms with Gasteiger partial charge in [-0.3, -0.25) is 9.59 Å². The number of likely N-dealkylation sites (N-methyl/N-ethyl adjacent to an activating group) is 1. The van der Waals surface area contributed by atoms with Gasteiger partial charge in [0.25, 0.3) is 0 Å². The SMILES string of the molecule is CCCCCn1cnnc1SCC(=O)c1ccc2c(c1)CC(=O)N2C. The minimum atomic E-state index is 0.0397. The van der Waals surface area contributed by atoms with Crippen LogP contribution in [0.3, 0.4) is 0 Å². The van der Waals surface area contributed by atoms with Crippen LogP contribution in [0.2, 0.25) is 0 Å². The van der Waals surface area contributed by atoms with Crippen molar-refractivity contribution in [3.63, 3.8) is 0 Å². The lowest BCUT2D eigenvalue weighted by Crippen LogP contribution is -2.20. The number of unbranched alkanes of at least 4 members (excludes halogenated alkanes) is 2. The standard InChI is InChI=1S/C18H22N4O2S/c1-3-4-5-8-22-12-19-20-18(22)25-11-16(23)13-6-7-15-14(9-13)10-17(24)21(15)2/h6-7,9,12H,3-5,8,10-11H2,1-2H3. The second-order valence-corrected chi connectivity index (χ2v) is 7.14. The molecule has 0 N–H and O–H groups in total. The highest BCUT2D eigenvalue weighted by molar-refractivity contribution is 7.99. The fourth-order valence-electron chi connectivity index (χ4n) is 2.90. The molecule has 0 atom stereocenters. The summed E-state index contributed by atoms with van der Waals surface area (Å²) in [5.74, 6) is 0.418. The molecule has 0 unspecified atom stereocenters. The molecule has 25 heavy (non-hydrogen) atoms. The van der Waals surface area contributed by atoms with Crippen LogP contribution in [0.4, 0.5) is 5.69 Å². The van der Waals surface area contributed by atoms with E-state index in [1.165, 1.54) is 24.6 Å². The van der Waals surface area contributed by atoms with Crippen molar-refractivity contribution in [3.8, 4) is 0 Å². The molecule has 1 aliphatic heterocycles. The Morgan fingerprint density at radius 1 is 1.32 bits per heavy atom. The van der Waals surface area contributed by atoms with E-state index in [9.17, 15) is 9.59 Å². The Bertz CT molecular complexity index is 787. The molecule has 2 aromatic rings. The van der Waals surface area contributed by atoms with Crippen LogP contribution in [-0.4, -0.2) is 39.3 Å². The Morgan fingerprint density at radius 3 is 2.96 bits per heavy atom. The number of amides is 1. The molecule has 132 valence electrons. The summed E-state index contributed by atoms with van der Waals surface area (Å²) >= 11 is 1.41. The summed E-state index contributed by atoms with van der Waals surface area (Å²) in [5.41, 5.74) is 2.46. The number of anilines is 1. The molecule has 1 aromatic carbocycles. The van der Waals surface area contributed by atoms with E-state index in [0.29, 0.717) is 17.7 Å². The minimum absolute atomic E-state index is 0.0397. The van der Waals surface area contributed by atoms with Crippen molar-refractivity contribution in [2.75, 3.05) is 17.7 Å². The Morgan fingerprint density at radius 2 is 2.16 bits per heavy atom. The van der Waals surface area contributed by atoms with Crippen molar-refractivity contribution in [1.82, 2.24) is 14.8 Å². The maximum Gasteiger partial charge on any atom is 0.231 e. The monoisotopic (exact) mass is 358 g/mol. The van der Waals surface area contributed by atoms with E-state index >= 15 is 0 Å². The Balaban J connectivity index is 1.62. The molecule has 0 bridgehead atoms. The second kappa shape index (κ2) is 7.82. The number of hydrogen-bond acceptors (Lipinski definition) is 5. The van der Waals surface area contributed by atoms with Gasteiger partial charge in [-0.05, 0) is 30.2 Å². The Hall–Kier alpha value is -2.15. The molecule has 0 spiro atoms. The fourth-order valence-corrected chi connectivity index (χ4v) is 3.73. The van der Waals surface area contributed by atoms with E-state index in [-0.39, 0.29) is 11.7 Å². The molecule has 3 rings (SSSR count). The highest BCUT2D eigenvalue weighted by Crippen LogP contribution is 2.29. The quantitative estimate of drug-likeness (QED) is 0.412. The second-order valence-electron chi connectivity index (χ2n) is 6.20. The molecule has 1 aliphatic rings. The number of aromatic nitrogens is 3. The zero-order chi connectivity index (χ0) is 17.8. The third kappa shape index (κ3) is 3.92. The number of benzene rings is 1. The van der Waals surface area contributed by atoms with Crippen LogP contribution in [0.5, 0.6) is 0 Å². The maximum absolute atomic E-state index is 12.5. The van der Waals surface area contributed by atoms with Gasteiger partial charge < -0.3 is 9.47 Å². The molecular weight excluding hydrogens is 336 g/mol. The molecule has 2 heterocycles. The van der Waals surface area contributed by atoms with Gasteiger partial charge in [0, 0.05) is 24.8 Å². The van der Waals surface area contributed by atoms with Crippen LogP contribution in [-0.2, 0) is 17.8 Å². The zero-order valence-electron chi connectivity index (χ0n) is 14.6. The number of thioether (sulfide) groups is 1. The number of carbonyl (C=O) groups is 2. The molecule has 0 fully saturated rings. The van der Waals surface area contributed by atoms with E-state index in [0.717, 1.165) is 29.4 Å².